The molecule has 4 aromatic rings. The van der Waals surface area contributed by atoms with Crippen molar-refractivity contribution in [2.75, 3.05) is 10.8 Å². The summed E-state index contributed by atoms with van der Waals surface area (Å²) in [4.78, 5) is 30.2. The van der Waals surface area contributed by atoms with Gasteiger partial charge in [-0.05, 0) is 79.4 Å². The Hall–Kier alpha value is -3.66. The topological polar surface area (TPSA) is 86.8 Å². The molecule has 1 aliphatic rings. The molecule has 7 nitrogen and oxygen atoms in total. The Morgan fingerprint density at radius 2 is 1.50 bits per heavy atom. The quantitative estimate of drug-likeness (QED) is 0.166. The molecule has 1 aliphatic carbocycles. The molecular weight excluding hydrogens is 686 g/mol. The van der Waals surface area contributed by atoms with E-state index in [4.69, 9.17) is 11.6 Å². The van der Waals surface area contributed by atoms with Crippen LogP contribution in [-0.4, -0.2) is 43.8 Å². The van der Waals surface area contributed by atoms with E-state index in [9.17, 15) is 18.0 Å². The normalized spacial score (nSPS) is 14.1. The zero-order valence-electron chi connectivity index (χ0n) is 25.6. The average Bonchev–Trinajstić information content (AvgIpc) is 3.56. The van der Waals surface area contributed by atoms with Gasteiger partial charge >= 0.3 is 0 Å². The minimum absolute atomic E-state index is 0.00421. The fraction of sp³-hybridized carbons (Fsp3) is 0.278. The Labute approximate surface area is 284 Å². The van der Waals surface area contributed by atoms with E-state index in [1.54, 1.807) is 24.3 Å². The predicted molar refractivity (Wildman–Crippen MR) is 186 cm³/mol. The molecule has 0 spiro atoms. The van der Waals surface area contributed by atoms with Gasteiger partial charge in [-0.25, -0.2) is 8.42 Å². The minimum atomic E-state index is -4.19. The summed E-state index contributed by atoms with van der Waals surface area (Å²) >= 11 is 9.54. The number of sulfonamides is 1. The number of anilines is 1. The molecule has 1 fully saturated rings. The first kappa shape index (κ1) is 33.7. The number of amides is 2. The number of halogens is 2. The van der Waals surface area contributed by atoms with Crippen molar-refractivity contribution < 1.29 is 18.0 Å². The van der Waals surface area contributed by atoms with E-state index in [1.807, 2.05) is 61.5 Å². The lowest BCUT2D eigenvalue weighted by atomic mass is 10.0. The van der Waals surface area contributed by atoms with E-state index >= 15 is 0 Å². The van der Waals surface area contributed by atoms with Crippen LogP contribution in [0, 0.1) is 6.92 Å². The second-order valence-corrected chi connectivity index (χ2v) is 14.9. The summed E-state index contributed by atoms with van der Waals surface area (Å²) in [5.74, 6) is -0.743. The van der Waals surface area contributed by atoms with Crippen LogP contribution in [0.1, 0.15) is 42.4 Å². The van der Waals surface area contributed by atoms with Crippen LogP contribution in [-0.2, 0) is 32.6 Å². The van der Waals surface area contributed by atoms with Crippen LogP contribution in [0.3, 0.4) is 0 Å². The summed E-state index contributed by atoms with van der Waals surface area (Å²) in [5.41, 5.74) is 2.99. The van der Waals surface area contributed by atoms with E-state index in [2.05, 4.69) is 21.2 Å². The highest BCUT2D eigenvalue weighted by Crippen LogP contribution is 2.27. The summed E-state index contributed by atoms with van der Waals surface area (Å²) in [6, 6.07) is 29.1. The zero-order valence-corrected chi connectivity index (χ0v) is 28.8. The van der Waals surface area contributed by atoms with Crippen LogP contribution in [0.15, 0.2) is 112 Å². The predicted octanol–water partition coefficient (Wildman–Crippen LogP) is 7.31. The number of nitrogens with one attached hydrogen (secondary N) is 1. The first-order valence-corrected chi connectivity index (χ1v) is 17.9. The first-order valence-electron chi connectivity index (χ1n) is 15.3. The van der Waals surface area contributed by atoms with Crippen molar-refractivity contribution in [3.8, 4) is 0 Å². The number of carbonyl (C=O) groups excluding carboxylic acids is 2. The van der Waals surface area contributed by atoms with E-state index in [-0.39, 0.29) is 29.8 Å². The summed E-state index contributed by atoms with van der Waals surface area (Å²) in [6.07, 6.45) is 4.15. The molecule has 0 saturated heterocycles. The SMILES string of the molecule is Cc1ccc(N(CC(=O)N(Cc2ccc(Br)cc2)C(Cc2ccccc2)C(=O)NC2CCCC2)S(=O)(=O)c2ccc(Cl)cc2)cc1. The van der Waals surface area contributed by atoms with Crippen LogP contribution in [0.25, 0.3) is 0 Å². The molecule has 0 aliphatic heterocycles. The van der Waals surface area contributed by atoms with Crippen LogP contribution < -0.4 is 9.62 Å². The fourth-order valence-electron chi connectivity index (χ4n) is 5.68. The van der Waals surface area contributed by atoms with Crippen molar-refractivity contribution in [3.05, 3.63) is 129 Å². The molecule has 1 unspecified atom stereocenters. The van der Waals surface area contributed by atoms with Crippen LogP contribution >= 0.6 is 27.5 Å². The summed E-state index contributed by atoms with van der Waals surface area (Å²) in [7, 11) is -4.19. The lowest BCUT2D eigenvalue weighted by Crippen LogP contribution is -2.54. The smallest absolute Gasteiger partial charge is 0.264 e. The molecule has 4 aromatic carbocycles. The summed E-state index contributed by atoms with van der Waals surface area (Å²) in [5, 5.41) is 3.60. The molecule has 0 bridgehead atoms. The Kier molecular flexibility index (Phi) is 11.2. The van der Waals surface area contributed by atoms with Gasteiger partial charge in [0.15, 0.2) is 0 Å². The number of carbonyl (C=O) groups is 2. The van der Waals surface area contributed by atoms with E-state index in [0.29, 0.717) is 10.7 Å². The molecule has 1 atom stereocenters. The highest BCUT2D eigenvalue weighted by Gasteiger charge is 2.35. The monoisotopic (exact) mass is 721 g/mol. The fourth-order valence-corrected chi connectivity index (χ4v) is 7.49. The van der Waals surface area contributed by atoms with E-state index < -0.39 is 28.5 Å². The molecule has 1 saturated carbocycles. The third-order valence-electron chi connectivity index (χ3n) is 8.24. The van der Waals surface area contributed by atoms with Crippen molar-refractivity contribution in [3.63, 3.8) is 0 Å². The van der Waals surface area contributed by atoms with Gasteiger partial charge in [0, 0.05) is 28.5 Å². The van der Waals surface area contributed by atoms with Crippen molar-refractivity contribution in [1.82, 2.24) is 10.2 Å². The van der Waals surface area contributed by atoms with Gasteiger partial charge in [-0.1, -0.05) is 101 Å². The maximum absolute atomic E-state index is 14.6. The lowest BCUT2D eigenvalue weighted by molar-refractivity contribution is -0.140. The van der Waals surface area contributed by atoms with E-state index in [1.165, 1.54) is 29.2 Å². The van der Waals surface area contributed by atoms with Gasteiger partial charge in [-0.2, -0.15) is 0 Å². The third kappa shape index (κ3) is 8.57. The van der Waals surface area contributed by atoms with Gasteiger partial charge in [0.25, 0.3) is 10.0 Å². The highest BCUT2D eigenvalue weighted by atomic mass is 79.9. The molecule has 0 radical (unpaired) electrons. The zero-order chi connectivity index (χ0) is 32.7. The van der Waals surface area contributed by atoms with Crippen LogP contribution in [0.5, 0.6) is 0 Å². The lowest BCUT2D eigenvalue weighted by Gasteiger charge is -2.34. The second kappa shape index (κ2) is 15.3. The van der Waals surface area contributed by atoms with Crippen molar-refractivity contribution >= 4 is 55.1 Å². The van der Waals surface area contributed by atoms with Crippen molar-refractivity contribution in [1.29, 1.82) is 0 Å². The van der Waals surface area contributed by atoms with Crippen LogP contribution in [0.4, 0.5) is 5.69 Å². The number of hydrogen-bond donors (Lipinski definition) is 1. The molecular formula is C36H37BrClN3O4S. The van der Waals surface area contributed by atoms with Gasteiger partial charge in [0.2, 0.25) is 11.8 Å². The summed E-state index contributed by atoms with van der Waals surface area (Å²) < 4.78 is 30.3. The minimum Gasteiger partial charge on any atom is -0.352 e. The molecule has 10 heteroatoms. The maximum atomic E-state index is 14.6. The van der Waals surface area contributed by atoms with Crippen molar-refractivity contribution in [2.45, 2.75) is 62.6 Å². The summed E-state index contributed by atoms with van der Waals surface area (Å²) in [6.45, 7) is 1.51. The van der Waals surface area contributed by atoms with E-state index in [0.717, 1.165) is 51.2 Å². The molecule has 0 heterocycles. The van der Waals surface area contributed by atoms with Crippen molar-refractivity contribution in [2.24, 2.45) is 0 Å². The maximum Gasteiger partial charge on any atom is 0.264 e. The average molecular weight is 723 g/mol. The Morgan fingerprint density at radius 1 is 0.870 bits per heavy atom. The molecule has 2 amide bonds. The van der Waals surface area contributed by atoms with Crippen LogP contribution in [0.2, 0.25) is 5.02 Å². The number of rotatable bonds is 12. The standard InChI is InChI=1S/C36H37BrClN3O4S/c1-26-11-19-32(20-12-26)41(46(44,45)33-21-17-30(38)18-22-33)25-35(42)40(24-28-13-15-29(37)16-14-28)34(23-27-7-3-2-4-8-27)36(43)39-31-9-5-6-10-31/h2-4,7-8,11-22,31,34H,5-6,9-10,23-25H2,1H3,(H,39,43). The number of hydrogen-bond acceptors (Lipinski definition) is 4. The second-order valence-electron chi connectivity index (χ2n) is 11.6. The first-order chi connectivity index (χ1) is 22.1. The van der Waals surface area contributed by atoms with Gasteiger partial charge in [-0.15, -0.1) is 0 Å². The molecule has 46 heavy (non-hydrogen) atoms. The molecule has 1 N–H and O–H groups in total. The Morgan fingerprint density at radius 3 is 2.13 bits per heavy atom. The van der Waals surface area contributed by atoms with Gasteiger partial charge in [-0.3, -0.25) is 13.9 Å². The number of nitrogens with zero attached hydrogens (tertiary/aromatic N) is 2. The molecule has 5 rings (SSSR count). The molecule has 240 valence electrons. The number of aryl methyl sites for hydroxylation is 1. The third-order valence-corrected chi connectivity index (χ3v) is 10.8. The van der Waals surface area contributed by atoms with Gasteiger partial charge in [0.1, 0.15) is 12.6 Å². The highest BCUT2D eigenvalue weighted by molar-refractivity contribution is 9.10. The molecule has 0 aromatic heterocycles. The van der Waals surface area contributed by atoms with Gasteiger partial charge < -0.3 is 10.2 Å². The largest absolute Gasteiger partial charge is 0.352 e. The van der Waals surface area contributed by atoms with Gasteiger partial charge in [0.05, 0.1) is 10.6 Å². The number of benzene rings is 4. The Bertz CT molecular complexity index is 1730. The Balaban J connectivity index is 1.55.